The highest BCUT2D eigenvalue weighted by Gasteiger charge is 2.61. The molecule has 2 fully saturated rings. The molecule has 0 spiro atoms. The van der Waals surface area contributed by atoms with E-state index in [4.69, 9.17) is 9.47 Å². The normalized spacial score (nSPS) is 25.6. The van der Waals surface area contributed by atoms with Gasteiger partial charge in [-0.05, 0) is 49.4 Å². The number of amides is 3. The van der Waals surface area contributed by atoms with Gasteiger partial charge in [-0.2, -0.15) is 0 Å². The predicted molar refractivity (Wildman–Crippen MR) is 119 cm³/mol. The highest BCUT2D eigenvalue weighted by atomic mass is 16.5. The van der Waals surface area contributed by atoms with Crippen LogP contribution in [0.25, 0.3) is 0 Å². The Morgan fingerprint density at radius 2 is 1.78 bits per heavy atom. The maximum absolute atomic E-state index is 13.3. The van der Waals surface area contributed by atoms with Crippen LogP contribution in [0.3, 0.4) is 0 Å². The molecule has 0 aromatic heterocycles. The predicted octanol–water partition coefficient (Wildman–Crippen LogP) is 3.66. The van der Waals surface area contributed by atoms with Gasteiger partial charge in [-0.25, -0.2) is 4.90 Å². The number of benzene rings is 2. The molecule has 1 saturated heterocycles. The van der Waals surface area contributed by atoms with Gasteiger partial charge in [0, 0.05) is 6.07 Å². The third kappa shape index (κ3) is 2.92. The summed E-state index contributed by atoms with van der Waals surface area (Å²) in [6, 6.07) is 11.8. The Labute approximate surface area is 186 Å². The molecule has 0 unspecified atom stereocenters. The number of nitrogens with zero attached hydrogens (tertiary/aromatic N) is 1. The van der Waals surface area contributed by atoms with E-state index in [0.29, 0.717) is 22.9 Å². The van der Waals surface area contributed by atoms with Crippen molar-refractivity contribution in [3.05, 3.63) is 59.7 Å². The largest absolute Gasteiger partial charge is 0.497 e. The van der Waals surface area contributed by atoms with Gasteiger partial charge in [0.25, 0.3) is 5.91 Å². The van der Waals surface area contributed by atoms with Crippen molar-refractivity contribution in [3.8, 4) is 11.5 Å². The minimum Gasteiger partial charge on any atom is -0.497 e. The smallest absolute Gasteiger partial charge is 0.257 e. The first-order chi connectivity index (χ1) is 15.4. The van der Waals surface area contributed by atoms with Gasteiger partial charge in [0.2, 0.25) is 11.8 Å². The summed E-state index contributed by atoms with van der Waals surface area (Å²) in [6.45, 7) is 2.03. The van der Waals surface area contributed by atoms with Crippen LogP contribution in [0, 0.1) is 23.7 Å². The van der Waals surface area contributed by atoms with Crippen LogP contribution in [-0.2, 0) is 9.59 Å². The van der Waals surface area contributed by atoms with E-state index in [-0.39, 0.29) is 41.0 Å². The van der Waals surface area contributed by atoms with Crippen LogP contribution in [0.1, 0.15) is 23.7 Å². The summed E-state index contributed by atoms with van der Waals surface area (Å²) in [4.78, 5) is 41.1. The molecule has 2 aromatic carbocycles. The van der Waals surface area contributed by atoms with Crippen molar-refractivity contribution in [2.45, 2.75) is 13.3 Å². The highest BCUT2D eigenvalue weighted by Crippen LogP contribution is 2.56. The average Bonchev–Trinajstić information content (AvgIpc) is 3.44. The molecule has 0 radical (unpaired) electrons. The molecule has 164 valence electrons. The number of para-hydroxylation sites is 1. The summed E-state index contributed by atoms with van der Waals surface area (Å²) < 4.78 is 10.6. The Morgan fingerprint density at radius 1 is 1.03 bits per heavy atom. The quantitative estimate of drug-likeness (QED) is 0.576. The number of nitrogens with one attached hydrogen (secondary N) is 1. The summed E-state index contributed by atoms with van der Waals surface area (Å²) in [5.41, 5.74) is 2.22. The summed E-state index contributed by atoms with van der Waals surface area (Å²) in [5.74, 6) is -0.231. The fourth-order valence-electron chi connectivity index (χ4n) is 5.46. The molecule has 3 amide bonds. The number of hydrogen-bond donors (Lipinski definition) is 1. The van der Waals surface area contributed by atoms with Gasteiger partial charge in [-0.15, -0.1) is 0 Å². The number of hydrogen-bond acceptors (Lipinski definition) is 5. The zero-order valence-electron chi connectivity index (χ0n) is 18.1. The van der Waals surface area contributed by atoms with E-state index in [0.717, 1.165) is 6.42 Å². The molecule has 1 saturated carbocycles. The SMILES string of the molecule is COc1ccc(NC(=O)c2ccccc2N2C(=O)[C@H]3[C@H](C2=O)[C@H]2C=C(C)[C@H]3C2)c(OC)c1. The van der Waals surface area contributed by atoms with E-state index in [2.05, 4.69) is 11.4 Å². The molecule has 4 atom stereocenters. The van der Waals surface area contributed by atoms with Gasteiger partial charge in [-0.1, -0.05) is 23.8 Å². The zero-order chi connectivity index (χ0) is 22.6. The van der Waals surface area contributed by atoms with Crippen LogP contribution in [0.5, 0.6) is 11.5 Å². The van der Waals surface area contributed by atoms with Gasteiger partial charge in [-0.3, -0.25) is 14.4 Å². The Hall–Kier alpha value is -3.61. The second-order valence-electron chi connectivity index (χ2n) is 8.52. The molecule has 1 heterocycles. The molecular formula is C25H24N2O5. The van der Waals surface area contributed by atoms with Crippen molar-refractivity contribution in [1.82, 2.24) is 0 Å². The summed E-state index contributed by atoms with van der Waals surface area (Å²) in [6.07, 6.45) is 3.00. The Bertz CT molecular complexity index is 1170. The fourth-order valence-corrected chi connectivity index (χ4v) is 5.46. The van der Waals surface area contributed by atoms with Gasteiger partial charge in [0.05, 0.1) is 43.0 Å². The number of anilines is 2. The van der Waals surface area contributed by atoms with Crippen molar-refractivity contribution in [2.75, 3.05) is 24.4 Å². The number of rotatable bonds is 5. The molecule has 1 aliphatic heterocycles. The molecule has 5 rings (SSSR count). The topological polar surface area (TPSA) is 84.9 Å². The van der Waals surface area contributed by atoms with E-state index in [9.17, 15) is 14.4 Å². The van der Waals surface area contributed by atoms with Crippen molar-refractivity contribution in [3.63, 3.8) is 0 Å². The monoisotopic (exact) mass is 432 g/mol. The Balaban J connectivity index is 1.46. The van der Waals surface area contributed by atoms with Crippen LogP contribution in [-0.4, -0.2) is 31.9 Å². The number of carbonyl (C=O) groups excluding carboxylic acids is 3. The van der Waals surface area contributed by atoms with Crippen molar-refractivity contribution < 1.29 is 23.9 Å². The third-order valence-corrected chi connectivity index (χ3v) is 6.93. The van der Waals surface area contributed by atoms with Gasteiger partial charge in [0.1, 0.15) is 11.5 Å². The first-order valence-electron chi connectivity index (χ1n) is 10.6. The van der Waals surface area contributed by atoms with E-state index >= 15 is 0 Å². The standard InChI is InChI=1S/C25H24N2O5/c1-13-10-14-11-17(13)22-21(14)24(29)27(25(22)30)19-7-5-4-6-16(19)23(28)26-18-9-8-15(31-2)12-20(18)32-3/h4-10,12,14,17,21-22H,11H2,1-3H3,(H,26,28)/t14-,17+,21+,22+/m0/s1. The fraction of sp³-hybridized carbons (Fsp3) is 0.320. The molecule has 7 nitrogen and oxygen atoms in total. The summed E-state index contributed by atoms with van der Waals surface area (Å²) in [5, 5.41) is 2.83. The zero-order valence-corrected chi connectivity index (χ0v) is 18.1. The summed E-state index contributed by atoms with van der Waals surface area (Å²) >= 11 is 0. The van der Waals surface area contributed by atoms with Gasteiger partial charge < -0.3 is 14.8 Å². The Kier molecular flexibility index (Phi) is 4.77. The minimum absolute atomic E-state index is 0.107. The molecule has 3 aliphatic rings. The molecular weight excluding hydrogens is 408 g/mol. The van der Waals surface area contributed by atoms with Crippen LogP contribution in [0.2, 0.25) is 0 Å². The van der Waals surface area contributed by atoms with E-state index in [1.54, 1.807) is 49.6 Å². The Morgan fingerprint density at radius 3 is 2.53 bits per heavy atom. The van der Waals surface area contributed by atoms with Crippen LogP contribution < -0.4 is 19.7 Å². The van der Waals surface area contributed by atoms with Crippen molar-refractivity contribution >= 4 is 29.1 Å². The summed E-state index contributed by atoms with van der Waals surface area (Å²) in [7, 11) is 3.05. The number of methoxy groups -OCH3 is 2. The molecule has 1 N–H and O–H groups in total. The van der Waals surface area contributed by atoms with E-state index in [1.807, 2.05) is 6.92 Å². The van der Waals surface area contributed by atoms with Crippen LogP contribution in [0.15, 0.2) is 54.1 Å². The number of allylic oxidation sites excluding steroid dienone is 2. The first-order valence-corrected chi connectivity index (χ1v) is 10.6. The maximum atomic E-state index is 13.3. The number of imide groups is 1. The molecule has 32 heavy (non-hydrogen) atoms. The third-order valence-electron chi connectivity index (χ3n) is 6.93. The number of fused-ring (bicyclic) bond motifs is 5. The molecule has 2 bridgehead atoms. The maximum Gasteiger partial charge on any atom is 0.257 e. The number of ether oxygens (including phenoxy) is 2. The second kappa shape index (κ2) is 7.51. The van der Waals surface area contributed by atoms with Gasteiger partial charge >= 0.3 is 0 Å². The molecule has 7 heteroatoms. The van der Waals surface area contributed by atoms with Crippen LogP contribution >= 0.6 is 0 Å². The first kappa shape index (κ1) is 20.3. The highest BCUT2D eigenvalue weighted by molar-refractivity contribution is 6.25. The van der Waals surface area contributed by atoms with Gasteiger partial charge in [0.15, 0.2) is 0 Å². The minimum atomic E-state index is -0.431. The van der Waals surface area contributed by atoms with E-state index in [1.165, 1.54) is 17.6 Å². The average molecular weight is 432 g/mol. The van der Waals surface area contributed by atoms with E-state index < -0.39 is 5.91 Å². The van der Waals surface area contributed by atoms with Crippen molar-refractivity contribution in [2.24, 2.45) is 23.7 Å². The lowest BCUT2D eigenvalue weighted by molar-refractivity contribution is -0.123. The van der Waals surface area contributed by atoms with Crippen LogP contribution in [0.4, 0.5) is 11.4 Å². The number of carbonyl (C=O) groups is 3. The lowest BCUT2D eigenvalue weighted by Crippen LogP contribution is -2.34. The van der Waals surface area contributed by atoms with Crippen molar-refractivity contribution in [1.29, 1.82) is 0 Å². The molecule has 2 aliphatic carbocycles. The molecule has 2 aromatic rings. The lowest BCUT2D eigenvalue weighted by atomic mass is 9.82. The lowest BCUT2D eigenvalue weighted by Gasteiger charge is -2.21. The second-order valence-corrected chi connectivity index (χ2v) is 8.52.